The smallest absolute Gasteiger partial charge is 0.254 e. The quantitative estimate of drug-likeness (QED) is 0.825. The fourth-order valence-electron chi connectivity index (χ4n) is 1.73. The van der Waals surface area contributed by atoms with Gasteiger partial charge in [0.2, 0.25) is 0 Å². The Morgan fingerprint density at radius 1 is 1.37 bits per heavy atom. The van der Waals surface area contributed by atoms with Crippen LogP contribution in [-0.4, -0.2) is 44.8 Å². The summed E-state index contributed by atoms with van der Waals surface area (Å²) >= 11 is 3.22. The van der Waals surface area contributed by atoms with Gasteiger partial charge in [-0.25, -0.2) is 13.4 Å². The van der Waals surface area contributed by atoms with Crippen molar-refractivity contribution in [2.24, 2.45) is 0 Å². The monoisotopic (exact) mass is 350 g/mol. The Morgan fingerprint density at radius 3 is 2.63 bits per heavy atom. The summed E-state index contributed by atoms with van der Waals surface area (Å²) < 4.78 is 30.1. The average molecular weight is 351 g/mol. The van der Waals surface area contributed by atoms with Gasteiger partial charge in [0.15, 0.2) is 0 Å². The SMILES string of the molecule is O=S(=O)(NN1CCOCC1)c1ccc(CO)cc1Br. The number of hydrogen-bond donors (Lipinski definition) is 2. The molecule has 0 unspecified atom stereocenters. The summed E-state index contributed by atoms with van der Waals surface area (Å²) in [7, 11) is -3.62. The number of nitrogens with zero attached hydrogens (tertiary/aromatic N) is 1. The molecule has 106 valence electrons. The third-order valence-electron chi connectivity index (χ3n) is 2.73. The number of ether oxygens (including phenoxy) is 1. The summed E-state index contributed by atoms with van der Waals surface area (Å²) in [5, 5.41) is 10.6. The first kappa shape index (κ1) is 14.9. The maximum atomic E-state index is 12.2. The van der Waals surface area contributed by atoms with Crippen molar-refractivity contribution in [1.29, 1.82) is 0 Å². The zero-order valence-electron chi connectivity index (χ0n) is 10.2. The molecule has 0 amide bonds. The summed E-state index contributed by atoms with van der Waals surface area (Å²) in [6.45, 7) is 1.92. The van der Waals surface area contributed by atoms with E-state index in [4.69, 9.17) is 9.84 Å². The Bertz CT molecular complexity index is 544. The lowest BCUT2D eigenvalue weighted by atomic mass is 10.2. The Hall–Kier alpha value is -0.510. The van der Waals surface area contributed by atoms with E-state index in [9.17, 15) is 8.42 Å². The molecule has 2 N–H and O–H groups in total. The van der Waals surface area contributed by atoms with Gasteiger partial charge in [0.25, 0.3) is 10.0 Å². The normalized spacial score (nSPS) is 17.6. The van der Waals surface area contributed by atoms with Gasteiger partial charge in [0, 0.05) is 17.6 Å². The lowest BCUT2D eigenvalue weighted by molar-refractivity contribution is 0.0272. The van der Waals surface area contributed by atoms with E-state index < -0.39 is 10.0 Å². The molecule has 1 aromatic rings. The van der Waals surface area contributed by atoms with Gasteiger partial charge in [-0.1, -0.05) is 6.07 Å². The first-order valence-corrected chi connectivity index (χ1v) is 8.05. The summed E-state index contributed by atoms with van der Waals surface area (Å²) in [6, 6.07) is 4.64. The summed E-state index contributed by atoms with van der Waals surface area (Å²) in [5.41, 5.74) is 0.650. The molecule has 0 atom stereocenters. The maximum Gasteiger partial charge on any atom is 0.254 e. The molecule has 0 aliphatic carbocycles. The van der Waals surface area contributed by atoms with Crippen molar-refractivity contribution in [3.05, 3.63) is 28.2 Å². The van der Waals surface area contributed by atoms with Gasteiger partial charge in [0.05, 0.1) is 24.7 Å². The second-order valence-corrected chi connectivity index (χ2v) is 6.60. The molecular weight excluding hydrogens is 336 g/mol. The first-order valence-electron chi connectivity index (χ1n) is 5.77. The van der Waals surface area contributed by atoms with Gasteiger partial charge in [-0.3, -0.25) is 0 Å². The van der Waals surface area contributed by atoms with Crippen LogP contribution in [-0.2, 0) is 21.4 Å². The highest BCUT2D eigenvalue weighted by Crippen LogP contribution is 2.23. The second-order valence-electron chi connectivity index (χ2n) is 4.12. The molecule has 1 aliphatic rings. The zero-order valence-corrected chi connectivity index (χ0v) is 12.6. The van der Waals surface area contributed by atoms with Crippen LogP contribution >= 0.6 is 15.9 Å². The van der Waals surface area contributed by atoms with Crippen molar-refractivity contribution >= 4 is 26.0 Å². The number of benzene rings is 1. The van der Waals surface area contributed by atoms with Crippen molar-refractivity contribution < 1.29 is 18.3 Å². The highest BCUT2D eigenvalue weighted by molar-refractivity contribution is 9.10. The molecule has 0 radical (unpaired) electrons. The predicted octanol–water partition coefficient (Wildman–Crippen LogP) is 0.467. The molecule has 0 bridgehead atoms. The van der Waals surface area contributed by atoms with Gasteiger partial charge in [0.1, 0.15) is 0 Å². The molecule has 0 saturated carbocycles. The zero-order chi connectivity index (χ0) is 13.9. The summed E-state index contributed by atoms with van der Waals surface area (Å²) in [4.78, 5) is 2.67. The topological polar surface area (TPSA) is 78.9 Å². The predicted molar refractivity (Wildman–Crippen MR) is 72.8 cm³/mol. The summed E-state index contributed by atoms with van der Waals surface area (Å²) in [6.07, 6.45) is 0. The lowest BCUT2D eigenvalue weighted by Crippen LogP contribution is -2.48. The molecule has 6 nitrogen and oxygen atoms in total. The molecule has 19 heavy (non-hydrogen) atoms. The molecular formula is C11H15BrN2O4S. The Labute approximate surface area is 120 Å². The van der Waals surface area contributed by atoms with E-state index in [1.54, 1.807) is 17.1 Å². The van der Waals surface area contributed by atoms with Crippen LogP contribution in [0.3, 0.4) is 0 Å². The molecule has 1 fully saturated rings. The number of rotatable bonds is 4. The minimum Gasteiger partial charge on any atom is -0.392 e. The fourth-order valence-corrected chi connectivity index (χ4v) is 3.98. The number of aliphatic hydroxyl groups is 1. The molecule has 1 heterocycles. The third kappa shape index (κ3) is 3.74. The fraction of sp³-hybridized carbons (Fsp3) is 0.455. The maximum absolute atomic E-state index is 12.2. The summed E-state index contributed by atoms with van der Waals surface area (Å²) in [5.74, 6) is 0. The van der Waals surface area contributed by atoms with Crippen LogP contribution in [0.1, 0.15) is 5.56 Å². The Morgan fingerprint density at radius 2 is 2.05 bits per heavy atom. The van der Waals surface area contributed by atoms with Crippen LogP contribution in [0.15, 0.2) is 27.6 Å². The number of halogens is 1. The van der Waals surface area contributed by atoms with E-state index in [1.807, 2.05) is 0 Å². The number of hydrazine groups is 1. The first-order chi connectivity index (χ1) is 9.03. The minimum absolute atomic E-state index is 0.129. The van der Waals surface area contributed by atoms with Crippen molar-refractivity contribution in [2.75, 3.05) is 26.3 Å². The lowest BCUT2D eigenvalue weighted by Gasteiger charge is -2.26. The van der Waals surface area contributed by atoms with Crippen LogP contribution in [0.2, 0.25) is 0 Å². The van der Waals surface area contributed by atoms with E-state index in [0.717, 1.165) is 0 Å². The average Bonchev–Trinajstić information content (AvgIpc) is 2.38. The Kier molecular flexibility index (Phi) is 4.93. The highest BCUT2D eigenvalue weighted by atomic mass is 79.9. The van der Waals surface area contributed by atoms with Gasteiger partial charge in [-0.15, -0.1) is 4.83 Å². The standard InChI is InChI=1S/C11H15BrN2O4S/c12-10-7-9(8-15)1-2-11(10)19(16,17)13-14-3-5-18-6-4-14/h1-2,7,13,15H,3-6,8H2. The van der Waals surface area contributed by atoms with E-state index in [0.29, 0.717) is 36.3 Å². The molecule has 0 spiro atoms. The number of hydrogen-bond acceptors (Lipinski definition) is 5. The molecule has 8 heteroatoms. The second kappa shape index (κ2) is 6.29. The molecule has 1 saturated heterocycles. The van der Waals surface area contributed by atoms with Gasteiger partial charge < -0.3 is 9.84 Å². The Balaban J connectivity index is 2.18. The number of nitrogens with one attached hydrogen (secondary N) is 1. The van der Waals surface area contributed by atoms with E-state index in [-0.39, 0.29) is 11.5 Å². The van der Waals surface area contributed by atoms with Crippen LogP contribution in [0, 0.1) is 0 Å². The number of aliphatic hydroxyl groups excluding tert-OH is 1. The van der Waals surface area contributed by atoms with E-state index in [2.05, 4.69) is 20.8 Å². The highest BCUT2D eigenvalue weighted by Gasteiger charge is 2.22. The van der Waals surface area contributed by atoms with Crippen molar-refractivity contribution in [2.45, 2.75) is 11.5 Å². The van der Waals surface area contributed by atoms with Crippen LogP contribution in [0.4, 0.5) is 0 Å². The largest absolute Gasteiger partial charge is 0.392 e. The number of morpholine rings is 1. The van der Waals surface area contributed by atoms with E-state index >= 15 is 0 Å². The number of sulfonamides is 1. The van der Waals surface area contributed by atoms with Crippen LogP contribution < -0.4 is 4.83 Å². The van der Waals surface area contributed by atoms with Crippen molar-refractivity contribution in [1.82, 2.24) is 9.84 Å². The molecule has 2 rings (SSSR count). The minimum atomic E-state index is -3.62. The molecule has 0 aromatic heterocycles. The third-order valence-corrected chi connectivity index (χ3v) is 5.08. The van der Waals surface area contributed by atoms with Crippen LogP contribution in [0.25, 0.3) is 0 Å². The van der Waals surface area contributed by atoms with Crippen molar-refractivity contribution in [3.63, 3.8) is 0 Å². The van der Waals surface area contributed by atoms with E-state index in [1.165, 1.54) is 6.07 Å². The molecule has 1 aliphatic heterocycles. The van der Waals surface area contributed by atoms with Crippen molar-refractivity contribution in [3.8, 4) is 0 Å². The van der Waals surface area contributed by atoms with Gasteiger partial charge >= 0.3 is 0 Å². The van der Waals surface area contributed by atoms with Crippen LogP contribution in [0.5, 0.6) is 0 Å². The van der Waals surface area contributed by atoms with Gasteiger partial charge in [-0.05, 0) is 33.6 Å². The molecule has 1 aromatic carbocycles. The van der Waals surface area contributed by atoms with Gasteiger partial charge in [-0.2, -0.15) is 0 Å².